The third kappa shape index (κ3) is 8.00. The molecule has 0 saturated carbocycles. The topological polar surface area (TPSA) is 152 Å². The van der Waals surface area contributed by atoms with E-state index in [9.17, 15) is 19.2 Å². The summed E-state index contributed by atoms with van der Waals surface area (Å²) in [5.41, 5.74) is 5.82. The summed E-state index contributed by atoms with van der Waals surface area (Å²) in [5.74, 6) is -2.16. The van der Waals surface area contributed by atoms with Gasteiger partial charge in [0.25, 0.3) is 5.56 Å². The predicted octanol–water partition coefficient (Wildman–Crippen LogP) is 3.19. The summed E-state index contributed by atoms with van der Waals surface area (Å²) in [6.45, 7) is 1.03. The van der Waals surface area contributed by atoms with Gasteiger partial charge in [-0.15, -0.1) is 0 Å². The van der Waals surface area contributed by atoms with Gasteiger partial charge in [-0.3, -0.25) is 14.2 Å². The number of hydrogen-bond acceptors (Lipinski definition) is 9. The zero-order chi connectivity index (χ0) is 30.8. The quantitative estimate of drug-likeness (QED) is 0.298. The number of carbonyl (C=O) groups excluding carboxylic acids is 3. The molecule has 1 amide bonds. The zero-order valence-corrected chi connectivity index (χ0v) is 23.8. The number of benzene rings is 3. The summed E-state index contributed by atoms with van der Waals surface area (Å²) in [4.78, 5) is 52.9. The molecule has 0 spiro atoms. The Balaban J connectivity index is 0.000000403. The van der Waals surface area contributed by atoms with Crippen molar-refractivity contribution in [1.29, 1.82) is 0 Å². The van der Waals surface area contributed by atoms with Crippen molar-refractivity contribution in [1.82, 2.24) is 14.9 Å². The van der Waals surface area contributed by atoms with E-state index in [1.54, 1.807) is 54.6 Å². The number of nitrogens with two attached hydrogens (primary N) is 1. The van der Waals surface area contributed by atoms with Gasteiger partial charge < -0.3 is 25.3 Å². The largest absolute Gasteiger partial charge is 0.464 e. The van der Waals surface area contributed by atoms with Gasteiger partial charge in [0.15, 0.2) is 5.69 Å². The van der Waals surface area contributed by atoms with Crippen molar-refractivity contribution in [2.24, 2.45) is 12.8 Å². The monoisotopic (exact) mass is 584 g/mol. The van der Waals surface area contributed by atoms with E-state index in [0.29, 0.717) is 31.0 Å². The van der Waals surface area contributed by atoms with E-state index in [1.165, 1.54) is 18.7 Å². The maximum absolute atomic E-state index is 13.1. The molecule has 11 heteroatoms. The number of hydrogen-bond donors (Lipinski definition) is 2. The second kappa shape index (κ2) is 14.7. The third-order valence-electron chi connectivity index (χ3n) is 6.66. The fourth-order valence-electron chi connectivity index (χ4n) is 4.38. The van der Waals surface area contributed by atoms with Gasteiger partial charge in [0.1, 0.15) is 5.82 Å². The normalized spacial score (nSPS) is 15.6. The molecule has 43 heavy (non-hydrogen) atoms. The van der Waals surface area contributed by atoms with Crippen LogP contribution in [0.4, 0.5) is 0 Å². The van der Waals surface area contributed by atoms with E-state index in [1.807, 2.05) is 36.4 Å². The van der Waals surface area contributed by atoms with Crippen LogP contribution in [0.1, 0.15) is 55.1 Å². The van der Waals surface area contributed by atoms with Crippen LogP contribution < -0.4 is 21.3 Å². The highest BCUT2D eigenvalue weighted by atomic mass is 16.5. The van der Waals surface area contributed by atoms with Crippen LogP contribution in [0, 0.1) is 0 Å². The highest BCUT2D eigenvalue weighted by molar-refractivity contribution is 5.95. The number of methoxy groups -OCH3 is 1. The van der Waals surface area contributed by atoms with Crippen LogP contribution >= 0.6 is 0 Å². The molecule has 1 aromatic heterocycles. The molecule has 222 valence electrons. The molecule has 4 aromatic rings. The second-order valence-corrected chi connectivity index (χ2v) is 9.60. The summed E-state index contributed by atoms with van der Waals surface area (Å²) in [5, 5.41) is 3.29. The Morgan fingerprint density at radius 2 is 1.49 bits per heavy atom. The number of ether oxygens (including phenoxy) is 3. The van der Waals surface area contributed by atoms with Crippen LogP contribution in [0.25, 0.3) is 0 Å². The van der Waals surface area contributed by atoms with Crippen molar-refractivity contribution in [2.45, 2.75) is 25.2 Å². The van der Waals surface area contributed by atoms with Crippen LogP contribution in [-0.2, 0) is 23.1 Å². The Morgan fingerprint density at radius 3 is 2.05 bits per heavy atom. The minimum atomic E-state index is -0.871. The van der Waals surface area contributed by atoms with E-state index in [0.717, 1.165) is 5.56 Å². The molecule has 11 nitrogen and oxygen atoms in total. The van der Waals surface area contributed by atoms with Crippen LogP contribution in [0.5, 0.6) is 5.75 Å². The molecule has 1 saturated heterocycles. The highest BCUT2D eigenvalue weighted by Crippen LogP contribution is 2.26. The number of amides is 1. The van der Waals surface area contributed by atoms with Gasteiger partial charge in [-0.1, -0.05) is 66.7 Å². The molecule has 1 aliphatic rings. The van der Waals surface area contributed by atoms with Gasteiger partial charge in [-0.2, -0.15) is 0 Å². The van der Waals surface area contributed by atoms with Crippen molar-refractivity contribution >= 4 is 17.8 Å². The lowest BCUT2D eigenvalue weighted by atomic mass is 10.1. The molecule has 2 heterocycles. The lowest BCUT2D eigenvalue weighted by Crippen LogP contribution is -2.32. The van der Waals surface area contributed by atoms with Gasteiger partial charge in [0.05, 0.1) is 31.4 Å². The summed E-state index contributed by atoms with van der Waals surface area (Å²) < 4.78 is 17.4. The number of primary amides is 1. The van der Waals surface area contributed by atoms with Gasteiger partial charge >= 0.3 is 11.9 Å². The van der Waals surface area contributed by atoms with Gasteiger partial charge in [-0.25, -0.2) is 14.6 Å². The first-order valence-corrected chi connectivity index (χ1v) is 13.5. The maximum atomic E-state index is 13.1. The fourth-order valence-corrected chi connectivity index (χ4v) is 4.38. The fraction of sp³-hybridized carbons (Fsp3) is 0.219. The number of esters is 2. The molecule has 2 atom stereocenters. The standard InChI is InChI=1S/C25H25N3O6.C7H7NO/c1-28-22(19-13-18(14-26-19)33-15-16-9-5-3-6-10-16)27-20(25(31)32-2)21(23(28)29)34-24(30)17-11-7-4-8-12-17;8-7(9)6-4-2-1-3-5-6/h3-12,18-19,26H,13-15H2,1-2H3;1-5H,(H2,8,9)/t18-,19+;/m1./s1. The Hall–Kier alpha value is -5.13. The summed E-state index contributed by atoms with van der Waals surface area (Å²) in [7, 11) is 2.69. The van der Waals surface area contributed by atoms with Gasteiger partial charge in [0, 0.05) is 19.2 Å². The Morgan fingerprint density at radius 1 is 0.907 bits per heavy atom. The molecule has 3 N–H and O–H groups in total. The van der Waals surface area contributed by atoms with E-state index in [2.05, 4.69) is 10.3 Å². The average molecular weight is 585 g/mol. The molecule has 0 bridgehead atoms. The SMILES string of the molecule is COC(=O)c1nc([C@@H]2C[C@@H](OCc3ccccc3)CN2)n(C)c(=O)c1OC(=O)c1ccccc1.NC(=O)c1ccccc1. The van der Waals surface area contributed by atoms with E-state index < -0.39 is 23.2 Å². The first-order valence-electron chi connectivity index (χ1n) is 13.5. The summed E-state index contributed by atoms with van der Waals surface area (Å²) >= 11 is 0. The lowest BCUT2D eigenvalue weighted by molar-refractivity contribution is 0.0523. The van der Waals surface area contributed by atoms with E-state index in [-0.39, 0.29) is 29.3 Å². The van der Waals surface area contributed by atoms with Gasteiger partial charge in [0.2, 0.25) is 11.7 Å². The molecule has 1 fully saturated rings. The van der Waals surface area contributed by atoms with Crippen molar-refractivity contribution in [2.75, 3.05) is 13.7 Å². The minimum absolute atomic E-state index is 0.0979. The molecule has 3 aromatic carbocycles. The van der Waals surface area contributed by atoms with Crippen molar-refractivity contribution in [3.05, 3.63) is 130 Å². The molecule has 0 unspecified atom stereocenters. The first-order chi connectivity index (χ1) is 20.8. The van der Waals surface area contributed by atoms with E-state index in [4.69, 9.17) is 19.9 Å². The number of aromatic nitrogens is 2. The second-order valence-electron chi connectivity index (χ2n) is 9.60. The van der Waals surface area contributed by atoms with Gasteiger partial charge in [-0.05, 0) is 36.2 Å². The third-order valence-corrected chi connectivity index (χ3v) is 6.66. The van der Waals surface area contributed by atoms with Crippen molar-refractivity contribution in [3.63, 3.8) is 0 Å². The Labute approximate surface area is 248 Å². The van der Waals surface area contributed by atoms with Crippen LogP contribution in [0.2, 0.25) is 0 Å². The Bertz CT molecular complexity index is 1610. The van der Waals surface area contributed by atoms with E-state index >= 15 is 0 Å². The summed E-state index contributed by atoms with van der Waals surface area (Å²) in [6.07, 6.45) is 0.455. The minimum Gasteiger partial charge on any atom is -0.464 e. The highest BCUT2D eigenvalue weighted by Gasteiger charge is 2.32. The van der Waals surface area contributed by atoms with Crippen LogP contribution in [0.15, 0.2) is 95.8 Å². The molecule has 0 aliphatic carbocycles. The molecular weight excluding hydrogens is 552 g/mol. The first kappa shape index (κ1) is 30.8. The number of carbonyl (C=O) groups is 3. The molecule has 1 aliphatic heterocycles. The maximum Gasteiger partial charge on any atom is 0.360 e. The zero-order valence-electron chi connectivity index (χ0n) is 23.8. The van der Waals surface area contributed by atoms with Crippen LogP contribution in [0.3, 0.4) is 0 Å². The summed E-state index contributed by atoms with van der Waals surface area (Å²) in [6, 6.07) is 26.4. The predicted molar refractivity (Wildman–Crippen MR) is 158 cm³/mol. The number of nitrogens with one attached hydrogen (secondary N) is 1. The molecular formula is C32H32N4O7. The molecule has 5 rings (SSSR count). The smallest absolute Gasteiger partial charge is 0.360 e. The lowest BCUT2D eigenvalue weighted by Gasteiger charge is -2.17. The number of rotatable bonds is 8. The number of nitrogens with zero attached hydrogens (tertiary/aromatic N) is 2. The Kier molecular flexibility index (Phi) is 10.5. The molecule has 0 radical (unpaired) electrons. The average Bonchev–Trinajstić information content (AvgIpc) is 3.52. The van der Waals surface area contributed by atoms with Crippen LogP contribution in [-0.4, -0.2) is 47.2 Å². The van der Waals surface area contributed by atoms with Crippen molar-refractivity contribution in [3.8, 4) is 5.75 Å². The van der Waals surface area contributed by atoms with Crippen molar-refractivity contribution < 1.29 is 28.6 Å².